The normalized spacial score (nSPS) is 10.3. The van der Waals surface area contributed by atoms with Gasteiger partial charge in [-0.3, -0.25) is 10.1 Å². The van der Waals surface area contributed by atoms with Crippen molar-refractivity contribution >= 4 is 23.4 Å². The number of aryl methyl sites for hydroxylation is 1. The molecule has 9 heteroatoms. The monoisotopic (exact) mass is 325 g/mol. The first-order valence-electron chi connectivity index (χ1n) is 6.45. The first-order valence-corrected chi connectivity index (χ1v) is 6.45. The molecule has 0 radical (unpaired) electrons. The van der Waals surface area contributed by atoms with E-state index < -0.39 is 23.5 Å². The third kappa shape index (κ3) is 4.02. The van der Waals surface area contributed by atoms with Crippen molar-refractivity contribution in [2.45, 2.75) is 6.92 Å². The summed E-state index contributed by atoms with van der Waals surface area (Å²) < 4.78 is 35.8. The van der Waals surface area contributed by atoms with Crippen LogP contribution in [0.4, 0.5) is 20.4 Å². The van der Waals surface area contributed by atoms with Gasteiger partial charge in [-0.25, -0.2) is 13.6 Å². The minimum Gasteiger partial charge on any atom is -0.465 e. The van der Waals surface area contributed by atoms with Crippen LogP contribution in [-0.2, 0) is 9.53 Å². The first kappa shape index (κ1) is 16.4. The molecule has 0 fully saturated rings. The minimum atomic E-state index is -1.20. The lowest BCUT2D eigenvalue weighted by Gasteiger charge is -2.11. The molecule has 7 nitrogen and oxygen atoms in total. The van der Waals surface area contributed by atoms with Gasteiger partial charge in [0.05, 0.1) is 30.6 Å². The van der Waals surface area contributed by atoms with Gasteiger partial charge in [0.1, 0.15) is 0 Å². The molecule has 0 saturated carbocycles. The van der Waals surface area contributed by atoms with Crippen molar-refractivity contribution in [1.82, 2.24) is 5.16 Å². The molecule has 2 rings (SSSR count). The molecule has 0 spiro atoms. The smallest absolute Gasteiger partial charge is 0.340 e. The summed E-state index contributed by atoms with van der Waals surface area (Å²) >= 11 is 0. The van der Waals surface area contributed by atoms with Crippen LogP contribution in [0.5, 0.6) is 0 Å². The van der Waals surface area contributed by atoms with Gasteiger partial charge in [0, 0.05) is 12.1 Å². The third-order valence-electron chi connectivity index (χ3n) is 2.80. The standard InChI is InChI=1S/C14H13F2N3O4/c1-7-3-13(23-19-7)18-12(20)6-17-11-5-10(16)9(15)4-8(11)14(21)22-2/h3-5,17H,6H2,1-2H3,(H,18,20). The predicted octanol–water partition coefficient (Wildman–Crippen LogP) is 2.10. The second-order valence-electron chi connectivity index (χ2n) is 4.54. The Kier molecular flexibility index (Phi) is 4.89. The SMILES string of the molecule is COC(=O)c1cc(F)c(F)cc1NCC(=O)Nc1cc(C)no1. The summed E-state index contributed by atoms with van der Waals surface area (Å²) in [5.41, 5.74) is 0.288. The van der Waals surface area contributed by atoms with Gasteiger partial charge in [-0.05, 0) is 13.0 Å². The Hall–Kier alpha value is -2.97. The van der Waals surface area contributed by atoms with Gasteiger partial charge in [-0.15, -0.1) is 0 Å². The van der Waals surface area contributed by atoms with Gasteiger partial charge >= 0.3 is 5.97 Å². The Morgan fingerprint density at radius 3 is 2.57 bits per heavy atom. The van der Waals surface area contributed by atoms with Gasteiger partial charge in [0.15, 0.2) is 11.6 Å². The van der Waals surface area contributed by atoms with Crippen molar-refractivity contribution in [3.8, 4) is 0 Å². The van der Waals surface area contributed by atoms with Crippen molar-refractivity contribution in [2.75, 3.05) is 24.3 Å². The molecule has 0 aliphatic rings. The van der Waals surface area contributed by atoms with Crippen LogP contribution in [-0.4, -0.2) is 30.7 Å². The maximum atomic E-state index is 13.3. The average molecular weight is 325 g/mol. The Bertz CT molecular complexity index is 746. The Balaban J connectivity index is 2.08. The van der Waals surface area contributed by atoms with E-state index in [1.54, 1.807) is 6.92 Å². The van der Waals surface area contributed by atoms with E-state index >= 15 is 0 Å². The van der Waals surface area contributed by atoms with E-state index in [0.29, 0.717) is 11.8 Å². The number of benzene rings is 1. The van der Waals surface area contributed by atoms with Crippen molar-refractivity contribution in [1.29, 1.82) is 0 Å². The highest BCUT2D eigenvalue weighted by Gasteiger charge is 2.17. The summed E-state index contributed by atoms with van der Waals surface area (Å²) in [5, 5.41) is 8.54. The van der Waals surface area contributed by atoms with E-state index in [9.17, 15) is 18.4 Å². The molecule has 122 valence electrons. The zero-order chi connectivity index (χ0) is 17.0. The van der Waals surface area contributed by atoms with E-state index in [-0.39, 0.29) is 23.7 Å². The molecule has 1 aromatic heterocycles. The number of amides is 1. The van der Waals surface area contributed by atoms with Crippen LogP contribution in [0.25, 0.3) is 0 Å². The molecule has 23 heavy (non-hydrogen) atoms. The van der Waals surface area contributed by atoms with Crippen LogP contribution in [0.2, 0.25) is 0 Å². The lowest BCUT2D eigenvalue weighted by molar-refractivity contribution is -0.114. The molecule has 0 atom stereocenters. The zero-order valence-corrected chi connectivity index (χ0v) is 12.3. The lowest BCUT2D eigenvalue weighted by atomic mass is 10.1. The lowest BCUT2D eigenvalue weighted by Crippen LogP contribution is -2.22. The van der Waals surface area contributed by atoms with Gasteiger partial charge in [-0.1, -0.05) is 5.16 Å². The molecule has 0 bridgehead atoms. The average Bonchev–Trinajstić information content (AvgIpc) is 2.92. The van der Waals surface area contributed by atoms with Gasteiger partial charge in [-0.2, -0.15) is 0 Å². The summed E-state index contributed by atoms with van der Waals surface area (Å²) in [6.07, 6.45) is 0. The summed E-state index contributed by atoms with van der Waals surface area (Å²) in [6.45, 7) is 1.37. The summed E-state index contributed by atoms with van der Waals surface area (Å²) in [4.78, 5) is 23.3. The van der Waals surface area contributed by atoms with Crippen molar-refractivity contribution in [3.63, 3.8) is 0 Å². The predicted molar refractivity (Wildman–Crippen MR) is 76.1 cm³/mol. The number of nitrogens with zero attached hydrogens (tertiary/aromatic N) is 1. The largest absolute Gasteiger partial charge is 0.465 e. The molecule has 2 aromatic rings. The van der Waals surface area contributed by atoms with Gasteiger partial charge in [0.25, 0.3) is 0 Å². The van der Waals surface area contributed by atoms with E-state index in [2.05, 4.69) is 20.5 Å². The zero-order valence-electron chi connectivity index (χ0n) is 12.3. The van der Waals surface area contributed by atoms with Crippen LogP contribution in [0.15, 0.2) is 22.7 Å². The van der Waals surface area contributed by atoms with Crippen molar-refractivity contribution in [3.05, 3.63) is 41.1 Å². The number of aromatic nitrogens is 1. The van der Waals surface area contributed by atoms with Crippen LogP contribution in [0.3, 0.4) is 0 Å². The first-order chi connectivity index (χ1) is 10.9. The molecule has 1 amide bonds. The van der Waals surface area contributed by atoms with Crippen LogP contribution in [0.1, 0.15) is 16.1 Å². The fraction of sp³-hybridized carbons (Fsp3) is 0.214. The van der Waals surface area contributed by atoms with E-state index in [1.165, 1.54) is 6.07 Å². The Morgan fingerprint density at radius 2 is 1.96 bits per heavy atom. The topological polar surface area (TPSA) is 93.5 Å². The number of esters is 1. The van der Waals surface area contributed by atoms with Crippen LogP contribution >= 0.6 is 0 Å². The molecule has 0 aliphatic carbocycles. The van der Waals surface area contributed by atoms with Crippen LogP contribution < -0.4 is 10.6 Å². The van der Waals surface area contributed by atoms with Crippen molar-refractivity contribution in [2.24, 2.45) is 0 Å². The molecular weight excluding hydrogens is 312 g/mol. The molecule has 0 saturated heterocycles. The Morgan fingerprint density at radius 1 is 1.26 bits per heavy atom. The molecule has 1 heterocycles. The summed E-state index contributed by atoms with van der Waals surface area (Å²) in [5.74, 6) is -3.60. The molecule has 2 N–H and O–H groups in total. The third-order valence-corrected chi connectivity index (χ3v) is 2.80. The number of anilines is 2. The maximum absolute atomic E-state index is 13.3. The Labute approximate surface area is 129 Å². The fourth-order valence-corrected chi connectivity index (χ4v) is 1.75. The van der Waals surface area contributed by atoms with Crippen molar-refractivity contribution < 1.29 is 27.6 Å². The number of hydrogen-bond acceptors (Lipinski definition) is 6. The number of rotatable bonds is 5. The number of methoxy groups -OCH3 is 1. The number of nitrogens with one attached hydrogen (secondary N) is 2. The highest BCUT2D eigenvalue weighted by molar-refractivity contribution is 5.97. The molecule has 0 aliphatic heterocycles. The van der Waals surface area contributed by atoms with Gasteiger partial charge < -0.3 is 14.6 Å². The molecule has 1 aromatic carbocycles. The minimum absolute atomic E-state index is 0.0698. The number of hydrogen-bond donors (Lipinski definition) is 2. The number of carbonyl (C=O) groups excluding carboxylic acids is 2. The van der Waals surface area contributed by atoms with E-state index in [0.717, 1.165) is 13.2 Å². The summed E-state index contributed by atoms with van der Waals surface area (Å²) in [6, 6.07) is 2.98. The number of ether oxygens (including phenoxy) is 1. The highest BCUT2D eigenvalue weighted by atomic mass is 19.2. The molecule has 0 unspecified atom stereocenters. The van der Waals surface area contributed by atoms with Gasteiger partial charge in [0.2, 0.25) is 11.8 Å². The second kappa shape index (κ2) is 6.86. The quantitative estimate of drug-likeness (QED) is 0.818. The fourth-order valence-electron chi connectivity index (χ4n) is 1.75. The number of halogens is 2. The highest BCUT2D eigenvalue weighted by Crippen LogP contribution is 2.21. The second-order valence-corrected chi connectivity index (χ2v) is 4.54. The number of carbonyl (C=O) groups is 2. The van der Waals surface area contributed by atoms with E-state index in [4.69, 9.17) is 4.52 Å². The maximum Gasteiger partial charge on any atom is 0.340 e. The molecular formula is C14H13F2N3O4. The van der Waals surface area contributed by atoms with Crippen LogP contribution in [0, 0.1) is 18.6 Å². The summed E-state index contributed by atoms with van der Waals surface area (Å²) in [7, 11) is 1.10. The van der Waals surface area contributed by atoms with E-state index in [1.807, 2.05) is 0 Å².